The minimum absolute atomic E-state index is 0.0785. The van der Waals surface area contributed by atoms with Crippen LogP contribution in [0.15, 0.2) is 12.4 Å². The molecule has 1 saturated carbocycles. The van der Waals surface area contributed by atoms with Crippen molar-refractivity contribution in [1.29, 1.82) is 0 Å². The van der Waals surface area contributed by atoms with Crippen LogP contribution in [-0.2, 0) is 4.79 Å². The zero-order chi connectivity index (χ0) is 10.8. The standard InChI is InChI=1S/C10H16N4O/c1-7(15)13-8-5-12-14(6-8)10-4-2-3-9(10)11/h5-6,9-10H,2-4,11H2,1H3,(H,13,15). The van der Waals surface area contributed by atoms with Gasteiger partial charge in [-0.3, -0.25) is 9.48 Å². The van der Waals surface area contributed by atoms with Crippen LogP contribution in [0.3, 0.4) is 0 Å². The van der Waals surface area contributed by atoms with E-state index in [9.17, 15) is 4.79 Å². The van der Waals surface area contributed by atoms with Gasteiger partial charge in [-0.25, -0.2) is 0 Å². The van der Waals surface area contributed by atoms with Crippen LogP contribution in [0.5, 0.6) is 0 Å². The van der Waals surface area contributed by atoms with E-state index >= 15 is 0 Å². The number of carbonyl (C=O) groups excluding carboxylic acids is 1. The summed E-state index contributed by atoms with van der Waals surface area (Å²) in [5, 5.41) is 6.92. The van der Waals surface area contributed by atoms with Gasteiger partial charge < -0.3 is 11.1 Å². The summed E-state index contributed by atoms with van der Waals surface area (Å²) in [6, 6.07) is 0.475. The van der Waals surface area contributed by atoms with E-state index in [1.165, 1.54) is 6.92 Å². The Morgan fingerprint density at radius 3 is 3.07 bits per heavy atom. The van der Waals surface area contributed by atoms with Crippen molar-refractivity contribution in [3.63, 3.8) is 0 Å². The SMILES string of the molecule is CC(=O)Nc1cnn(C2CCCC2N)c1. The Kier molecular flexibility index (Phi) is 2.73. The molecule has 1 heterocycles. The minimum Gasteiger partial charge on any atom is -0.326 e. The average Bonchev–Trinajstić information content (AvgIpc) is 2.72. The normalized spacial score (nSPS) is 25.5. The van der Waals surface area contributed by atoms with Gasteiger partial charge in [0, 0.05) is 19.2 Å². The fourth-order valence-electron chi connectivity index (χ4n) is 2.08. The maximum absolute atomic E-state index is 10.8. The number of hydrogen-bond acceptors (Lipinski definition) is 3. The first-order chi connectivity index (χ1) is 7.16. The molecule has 0 aliphatic heterocycles. The summed E-state index contributed by atoms with van der Waals surface area (Å²) in [5.41, 5.74) is 6.71. The fourth-order valence-corrected chi connectivity index (χ4v) is 2.08. The summed E-state index contributed by atoms with van der Waals surface area (Å²) in [6.07, 6.45) is 6.78. The number of anilines is 1. The first kappa shape index (κ1) is 10.2. The quantitative estimate of drug-likeness (QED) is 0.758. The summed E-state index contributed by atoms with van der Waals surface area (Å²) < 4.78 is 1.86. The van der Waals surface area contributed by atoms with Gasteiger partial charge in [0.25, 0.3) is 0 Å². The molecule has 0 radical (unpaired) electrons. The molecule has 5 heteroatoms. The van der Waals surface area contributed by atoms with Crippen LogP contribution in [0.1, 0.15) is 32.2 Å². The molecule has 0 aromatic carbocycles. The van der Waals surface area contributed by atoms with E-state index in [1.807, 2.05) is 10.9 Å². The van der Waals surface area contributed by atoms with Crippen LogP contribution >= 0.6 is 0 Å². The van der Waals surface area contributed by atoms with Crippen molar-refractivity contribution in [2.45, 2.75) is 38.3 Å². The zero-order valence-corrected chi connectivity index (χ0v) is 8.81. The van der Waals surface area contributed by atoms with Crippen molar-refractivity contribution in [1.82, 2.24) is 9.78 Å². The molecule has 0 bridgehead atoms. The second-order valence-electron chi connectivity index (χ2n) is 4.05. The number of aromatic nitrogens is 2. The first-order valence-corrected chi connectivity index (χ1v) is 5.24. The lowest BCUT2D eigenvalue weighted by Crippen LogP contribution is -2.27. The molecule has 2 unspecified atom stereocenters. The van der Waals surface area contributed by atoms with Crippen LogP contribution in [0.4, 0.5) is 5.69 Å². The predicted molar refractivity (Wildman–Crippen MR) is 57.4 cm³/mol. The maximum atomic E-state index is 10.8. The summed E-state index contributed by atoms with van der Waals surface area (Å²) in [7, 11) is 0. The monoisotopic (exact) mass is 208 g/mol. The molecule has 0 spiro atoms. The van der Waals surface area contributed by atoms with Crippen LogP contribution < -0.4 is 11.1 Å². The number of carbonyl (C=O) groups is 1. The third-order valence-corrected chi connectivity index (χ3v) is 2.79. The first-order valence-electron chi connectivity index (χ1n) is 5.24. The highest BCUT2D eigenvalue weighted by Gasteiger charge is 2.25. The lowest BCUT2D eigenvalue weighted by molar-refractivity contribution is -0.114. The second-order valence-corrected chi connectivity index (χ2v) is 4.05. The van der Waals surface area contributed by atoms with Crippen LogP contribution in [0.2, 0.25) is 0 Å². The highest BCUT2D eigenvalue weighted by atomic mass is 16.1. The van der Waals surface area contributed by atoms with Crippen molar-refractivity contribution < 1.29 is 4.79 Å². The Labute approximate surface area is 88.6 Å². The van der Waals surface area contributed by atoms with E-state index in [1.54, 1.807) is 6.20 Å². The summed E-state index contributed by atoms with van der Waals surface area (Å²) in [4.78, 5) is 10.8. The molecule has 1 aromatic heterocycles. The topological polar surface area (TPSA) is 72.9 Å². The lowest BCUT2D eigenvalue weighted by Gasteiger charge is -2.15. The van der Waals surface area contributed by atoms with E-state index in [0.29, 0.717) is 0 Å². The summed E-state index contributed by atoms with van der Waals surface area (Å²) in [6.45, 7) is 1.48. The van der Waals surface area contributed by atoms with E-state index in [2.05, 4.69) is 10.4 Å². The molecule has 1 aliphatic rings. The number of hydrogen-bond donors (Lipinski definition) is 2. The van der Waals surface area contributed by atoms with Gasteiger partial charge in [0.1, 0.15) is 0 Å². The molecule has 15 heavy (non-hydrogen) atoms. The van der Waals surface area contributed by atoms with E-state index < -0.39 is 0 Å². The number of nitrogens with one attached hydrogen (secondary N) is 1. The number of nitrogens with zero attached hydrogens (tertiary/aromatic N) is 2. The van der Waals surface area contributed by atoms with E-state index in [4.69, 9.17) is 5.73 Å². The van der Waals surface area contributed by atoms with E-state index in [-0.39, 0.29) is 18.0 Å². The van der Waals surface area contributed by atoms with Crippen molar-refractivity contribution in [3.8, 4) is 0 Å². The summed E-state index contributed by atoms with van der Waals surface area (Å²) in [5.74, 6) is -0.0785. The highest BCUT2D eigenvalue weighted by molar-refractivity contribution is 5.88. The van der Waals surface area contributed by atoms with Gasteiger partial charge in [-0.1, -0.05) is 0 Å². The van der Waals surface area contributed by atoms with Crippen molar-refractivity contribution in [2.75, 3.05) is 5.32 Å². The van der Waals surface area contributed by atoms with Gasteiger partial charge in [0.05, 0.1) is 17.9 Å². The molecule has 1 aromatic rings. The predicted octanol–water partition coefficient (Wildman–Crippen LogP) is 0.894. The average molecular weight is 208 g/mol. The lowest BCUT2D eigenvalue weighted by atomic mass is 10.2. The maximum Gasteiger partial charge on any atom is 0.221 e. The van der Waals surface area contributed by atoms with Gasteiger partial charge in [-0.05, 0) is 19.3 Å². The molecule has 3 N–H and O–H groups in total. The van der Waals surface area contributed by atoms with Gasteiger partial charge in [0.2, 0.25) is 5.91 Å². The Morgan fingerprint density at radius 2 is 2.47 bits per heavy atom. The molecule has 5 nitrogen and oxygen atoms in total. The van der Waals surface area contributed by atoms with Crippen LogP contribution in [0.25, 0.3) is 0 Å². The number of nitrogens with two attached hydrogens (primary N) is 1. The molecular weight excluding hydrogens is 192 g/mol. The Balaban J connectivity index is 2.09. The number of amides is 1. The van der Waals surface area contributed by atoms with Gasteiger partial charge in [-0.2, -0.15) is 5.10 Å². The van der Waals surface area contributed by atoms with Crippen molar-refractivity contribution in [2.24, 2.45) is 5.73 Å². The molecular formula is C10H16N4O. The second kappa shape index (κ2) is 4.02. The van der Waals surface area contributed by atoms with Crippen molar-refractivity contribution >= 4 is 11.6 Å². The minimum atomic E-state index is -0.0785. The molecule has 1 amide bonds. The molecule has 2 atom stereocenters. The smallest absolute Gasteiger partial charge is 0.221 e. The Morgan fingerprint density at radius 1 is 1.67 bits per heavy atom. The zero-order valence-electron chi connectivity index (χ0n) is 8.81. The molecule has 1 fully saturated rings. The van der Waals surface area contributed by atoms with Crippen LogP contribution in [-0.4, -0.2) is 21.7 Å². The van der Waals surface area contributed by atoms with Gasteiger partial charge in [-0.15, -0.1) is 0 Å². The Hall–Kier alpha value is -1.36. The fraction of sp³-hybridized carbons (Fsp3) is 0.600. The third-order valence-electron chi connectivity index (χ3n) is 2.79. The van der Waals surface area contributed by atoms with E-state index in [0.717, 1.165) is 24.9 Å². The highest BCUT2D eigenvalue weighted by Crippen LogP contribution is 2.28. The largest absolute Gasteiger partial charge is 0.326 e. The number of rotatable bonds is 2. The molecule has 82 valence electrons. The van der Waals surface area contributed by atoms with Gasteiger partial charge >= 0.3 is 0 Å². The Bertz CT molecular complexity index is 360. The van der Waals surface area contributed by atoms with Crippen LogP contribution in [0, 0.1) is 0 Å². The third kappa shape index (κ3) is 2.18. The molecule has 2 rings (SSSR count). The molecule has 1 aliphatic carbocycles. The molecule has 0 saturated heterocycles. The van der Waals surface area contributed by atoms with Gasteiger partial charge in [0.15, 0.2) is 0 Å². The summed E-state index contributed by atoms with van der Waals surface area (Å²) >= 11 is 0. The van der Waals surface area contributed by atoms with Crippen molar-refractivity contribution in [3.05, 3.63) is 12.4 Å².